The molecule has 1 N–H and O–H groups in total. The molecule has 0 bridgehead atoms. The first-order chi connectivity index (χ1) is 9.38. The molecule has 0 amide bonds. The summed E-state index contributed by atoms with van der Waals surface area (Å²) in [7, 11) is -3.34. The average molecular weight is 381 g/mol. The summed E-state index contributed by atoms with van der Waals surface area (Å²) >= 11 is 4.54. The van der Waals surface area contributed by atoms with Gasteiger partial charge < -0.3 is 4.90 Å². The maximum atomic E-state index is 12.1. The van der Waals surface area contributed by atoms with Crippen LogP contribution < -0.4 is 4.72 Å². The maximum Gasteiger partial charge on any atom is 0.250 e. The van der Waals surface area contributed by atoms with Gasteiger partial charge in [-0.15, -0.1) is 11.3 Å². The van der Waals surface area contributed by atoms with Gasteiger partial charge in [0, 0.05) is 12.6 Å². The van der Waals surface area contributed by atoms with Crippen LogP contribution >= 0.6 is 27.3 Å². The summed E-state index contributed by atoms with van der Waals surface area (Å²) in [5.41, 5.74) is 0. The van der Waals surface area contributed by atoms with Gasteiger partial charge in [0.1, 0.15) is 4.21 Å². The van der Waals surface area contributed by atoms with Crippen molar-refractivity contribution in [2.75, 3.05) is 19.6 Å². The van der Waals surface area contributed by atoms with Crippen molar-refractivity contribution >= 4 is 37.3 Å². The van der Waals surface area contributed by atoms with Crippen LogP contribution in [0.3, 0.4) is 0 Å². The minimum atomic E-state index is -3.34. The Morgan fingerprint density at radius 1 is 1.40 bits per heavy atom. The molecule has 2 rings (SSSR count). The number of nitrogens with one attached hydrogen (secondary N) is 1. The van der Waals surface area contributed by atoms with Gasteiger partial charge in [-0.25, -0.2) is 13.1 Å². The van der Waals surface area contributed by atoms with Gasteiger partial charge in [-0.05, 0) is 73.8 Å². The monoisotopic (exact) mass is 380 g/mol. The smallest absolute Gasteiger partial charge is 0.250 e. The molecular weight excluding hydrogens is 360 g/mol. The van der Waals surface area contributed by atoms with Crippen LogP contribution in [0.5, 0.6) is 0 Å². The van der Waals surface area contributed by atoms with Gasteiger partial charge >= 0.3 is 0 Å². The fraction of sp³-hybridized carbons (Fsp3) is 0.692. The van der Waals surface area contributed by atoms with Gasteiger partial charge in [0.25, 0.3) is 0 Å². The molecule has 4 nitrogen and oxygen atoms in total. The van der Waals surface area contributed by atoms with Crippen LogP contribution in [0, 0.1) is 5.92 Å². The highest BCUT2D eigenvalue weighted by Crippen LogP contribution is 2.26. The topological polar surface area (TPSA) is 49.4 Å². The van der Waals surface area contributed by atoms with E-state index in [4.69, 9.17) is 0 Å². The van der Waals surface area contributed by atoms with Crippen molar-refractivity contribution in [1.82, 2.24) is 9.62 Å². The fourth-order valence-corrected chi connectivity index (χ4v) is 5.58. The van der Waals surface area contributed by atoms with Crippen LogP contribution in [-0.4, -0.2) is 39.0 Å². The molecule has 1 aliphatic rings. The Kier molecular flexibility index (Phi) is 5.64. The number of nitrogens with zero attached hydrogens (tertiary/aromatic N) is 1. The molecule has 0 aromatic carbocycles. The second-order valence-corrected chi connectivity index (χ2v) is 9.94. The third-order valence-corrected chi connectivity index (χ3v) is 7.29. The third-order valence-electron chi connectivity index (χ3n) is 3.75. The van der Waals surface area contributed by atoms with E-state index in [0.29, 0.717) is 22.7 Å². The Bertz CT molecular complexity index is 534. The number of halogens is 1. The number of hydrogen-bond donors (Lipinski definition) is 1. The van der Waals surface area contributed by atoms with Gasteiger partial charge in [0.05, 0.1) is 3.79 Å². The van der Waals surface area contributed by atoms with E-state index in [1.54, 1.807) is 12.1 Å². The normalized spacial score (nSPS) is 18.8. The quantitative estimate of drug-likeness (QED) is 0.853. The summed E-state index contributed by atoms with van der Waals surface area (Å²) in [4.78, 5) is 2.45. The minimum absolute atomic E-state index is 0.379. The van der Waals surface area contributed by atoms with Crippen molar-refractivity contribution in [3.63, 3.8) is 0 Å². The predicted octanol–water partition coefficient (Wildman–Crippen LogP) is 2.91. The van der Waals surface area contributed by atoms with E-state index in [0.717, 1.165) is 29.7 Å². The van der Waals surface area contributed by atoms with Crippen LogP contribution in [0.2, 0.25) is 0 Å². The third kappa shape index (κ3) is 4.27. The Balaban J connectivity index is 1.84. The Hall–Kier alpha value is 0.0500. The first-order valence-electron chi connectivity index (χ1n) is 6.87. The number of likely N-dealkylation sites (tertiary alicyclic amines) is 1. The molecule has 0 saturated carbocycles. The van der Waals surface area contributed by atoms with E-state index in [9.17, 15) is 8.42 Å². The van der Waals surface area contributed by atoms with Crippen molar-refractivity contribution in [1.29, 1.82) is 0 Å². The van der Waals surface area contributed by atoms with Gasteiger partial charge in [-0.3, -0.25) is 0 Å². The molecule has 1 aromatic heterocycles. The first kappa shape index (κ1) is 16.4. The van der Waals surface area contributed by atoms with E-state index in [1.165, 1.54) is 11.3 Å². The summed E-state index contributed by atoms with van der Waals surface area (Å²) < 4.78 is 28.2. The van der Waals surface area contributed by atoms with Crippen LogP contribution in [0.4, 0.5) is 0 Å². The first-order valence-corrected chi connectivity index (χ1v) is 9.97. The average Bonchev–Trinajstić information content (AvgIpc) is 2.84. The van der Waals surface area contributed by atoms with Crippen LogP contribution in [0.1, 0.15) is 26.7 Å². The number of hydrogen-bond acceptors (Lipinski definition) is 4. The zero-order chi connectivity index (χ0) is 14.8. The maximum absolute atomic E-state index is 12.1. The number of thiophene rings is 1. The van der Waals surface area contributed by atoms with Gasteiger partial charge in [0.2, 0.25) is 10.0 Å². The molecule has 20 heavy (non-hydrogen) atoms. The van der Waals surface area contributed by atoms with E-state index in [2.05, 4.69) is 39.4 Å². The second kappa shape index (κ2) is 6.87. The molecule has 0 atom stereocenters. The Morgan fingerprint density at radius 2 is 2.05 bits per heavy atom. The molecule has 1 saturated heterocycles. The van der Waals surface area contributed by atoms with Gasteiger partial charge in [-0.2, -0.15) is 0 Å². The van der Waals surface area contributed by atoms with Crippen LogP contribution in [0.15, 0.2) is 20.1 Å². The highest BCUT2D eigenvalue weighted by atomic mass is 79.9. The lowest BCUT2D eigenvalue weighted by molar-refractivity contribution is 0.151. The van der Waals surface area contributed by atoms with Crippen LogP contribution in [-0.2, 0) is 10.0 Å². The van der Waals surface area contributed by atoms with E-state index >= 15 is 0 Å². The molecule has 0 radical (unpaired) electrons. The molecule has 0 unspecified atom stereocenters. The van der Waals surface area contributed by atoms with Crippen molar-refractivity contribution in [3.05, 3.63) is 15.9 Å². The highest BCUT2D eigenvalue weighted by molar-refractivity contribution is 9.11. The van der Waals surface area contributed by atoms with Crippen molar-refractivity contribution in [3.8, 4) is 0 Å². The lowest BCUT2D eigenvalue weighted by Crippen LogP contribution is -2.41. The summed E-state index contributed by atoms with van der Waals surface area (Å²) in [6.45, 7) is 7.09. The molecular formula is C13H21BrN2O2S2. The lowest BCUT2D eigenvalue weighted by Gasteiger charge is -2.34. The Morgan fingerprint density at radius 3 is 2.55 bits per heavy atom. The molecule has 1 fully saturated rings. The number of sulfonamides is 1. The number of piperidine rings is 1. The Labute approximate surface area is 133 Å². The van der Waals surface area contributed by atoms with Crippen LogP contribution in [0.25, 0.3) is 0 Å². The molecule has 1 aliphatic heterocycles. The largest absolute Gasteiger partial charge is 0.301 e. The molecule has 114 valence electrons. The summed E-state index contributed by atoms with van der Waals surface area (Å²) in [6.07, 6.45) is 2.13. The molecule has 1 aromatic rings. The zero-order valence-corrected chi connectivity index (χ0v) is 15.0. The number of rotatable bonds is 5. The predicted molar refractivity (Wildman–Crippen MR) is 86.6 cm³/mol. The van der Waals surface area contributed by atoms with Crippen molar-refractivity contribution < 1.29 is 8.42 Å². The highest BCUT2D eigenvalue weighted by Gasteiger charge is 2.23. The molecule has 2 heterocycles. The zero-order valence-electron chi connectivity index (χ0n) is 11.8. The van der Waals surface area contributed by atoms with E-state index in [-0.39, 0.29) is 0 Å². The fourth-order valence-electron chi connectivity index (χ4n) is 2.41. The van der Waals surface area contributed by atoms with Crippen molar-refractivity contribution in [2.24, 2.45) is 5.92 Å². The summed E-state index contributed by atoms with van der Waals surface area (Å²) in [5, 5.41) is 0. The lowest BCUT2D eigenvalue weighted by atomic mass is 9.96. The summed E-state index contributed by atoms with van der Waals surface area (Å²) in [6, 6.07) is 3.98. The van der Waals surface area contributed by atoms with E-state index in [1.807, 2.05) is 0 Å². The minimum Gasteiger partial charge on any atom is -0.301 e. The van der Waals surface area contributed by atoms with Crippen molar-refractivity contribution in [2.45, 2.75) is 36.9 Å². The second-order valence-electron chi connectivity index (χ2n) is 5.48. The molecule has 0 aliphatic carbocycles. The summed E-state index contributed by atoms with van der Waals surface area (Å²) in [5.74, 6) is 0.447. The van der Waals surface area contributed by atoms with E-state index < -0.39 is 10.0 Å². The molecule has 0 spiro atoms. The standard InChI is InChI=1S/C13H21BrN2O2S2/c1-10(2)16-7-5-11(6-8-16)9-15-20(17,18)13-4-3-12(14)19-13/h3-4,10-11,15H,5-9H2,1-2H3. The van der Waals surface area contributed by atoms with Gasteiger partial charge in [-0.1, -0.05) is 0 Å². The molecule has 7 heteroatoms. The van der Waals surface area contributed by atoms with Gasteiger partial charge in [0.15, 0.2) is 0 Å². The SMILES string of the molecule is CC(C)N1CCC(CNS(=O)(=O)c2ccc(Br)s2)CC1.